The maximum absolute atomic E-state index is 4.86. The molecule has 0 saturated heterocycles. The van der Waals surface area contributed by atoms with E-state index >= 15 is 0 Å². The highest BCUT2D eigenvalue weighted by Crippen LogP contribution is 2.34. The van der Waals surface area contributed by atoms with Gasteiger partial charge in [0.25, 0.3) is 0 Å². The maximum Gasteiger partial charge on any atom is 0.0652 e. The van der Waals surface area contributed by atoms with Gasteiger partial charge >= 0.3 is 0 Å². The van der Waals surface area contributed by atoms with Gasteiger partial charge in [0.1, 0.15) is 0 Å². The van der Waals surface area contributed by atoms with E-state index in [1.165, 1.54) is 16.9 Å². The Hall–Kier alpha value is -3.85. The van der Waals surface area contributed by atoms with Crippen LogP contribution in [-0.4, -0.2) is 12.8 Å². The van der Waals surface area contributed by atoms with E-state index in [0.29, 0.717) is 0 Å². The Balaban J connectivity index is 1.45. The van der Waals surface area contributed by atoms with Crippen molar-refractivity contribution in [2.24, 2.45) is 5.10 Å². The van der Waals surface area contributed by atoms with Gasteiger partial charge < -0.3 is 4.90 Å². The fourth-order valence-corrected chi connectivity index (χ4v) is 4.12. The molecule has 4 aromatic carbocycles. The van der Waals surface area contributed by atoms with Gasteiger partial charge in [-0.25, -0.2) is 5.01 Å². The van der Waals surface area contributed by atoms with Crippen molar-refractivity contribution in [1.29, 1.82) is 0 Å². The van der Waals surface area contributed by atoms with Crippen LogP contribution in [0.2, 0.25) is 0 Å². The van der Waals surface area contributed by atoms with Crippen LogP contribution in [0.3, 0.4) is 0 Å². The Morgan fingerprint density at radius 1 is 0.710 bits per heavy atom. The Kier molecular flexibility index (Phi) is 5.48. The molecule has 0 fully saturated rings. The zero-order valence-electron chi connectivity index (χ0n) is 17.4. The SMILES string of the molecule is C(=N\N(c1ccccc1)c1ccccc1)/c1ccc2c(c1)CCCN2c1ccccc1. The van der Waals surface area contributed by atoms with Crippen molar-refractivity contribution in [2.75, 3.05) is 16.5 Å². The van der Waals surface area contributed by atoms with Crippen LogP contribution in [0.4, 0.5) is 22.7 Å². The van der Waals surface area contributed by atoms with Crippen molar-refractivity contribution in [3.05, 3.63) is 120 Å². The molecule has 1 aliphatic heterocycles. The number of hydrogen-bond donors (Lipinski definition) is 0. The molecule has 0 amide bonds. The predicted molar refractivity (Wildman–Crippen MR) is 131 cm³/mol. The van der Waals surface area contributed by atoms with E-state index in [0.717, 1.165) is 36.3 Å². The van der Waals surface area contributed by atoms with Crippen molar-refractivity contribution < 1.29 is 0 Å². The molecule has 0 unspecified atom stereocenters. The molecule has 0 radical (unpaired) electrons. The van der Waals surface area contributed by atoms with Crippen molar-refractivity contribution in [1.82, 2.24) is 0 Å². The lowest BCUT2D eigenvalue weighted by atomic mass is 9.99. The third-order valence-electron chi connectivity index (χ3n) is 5.61. The zero-order chi connectivity index (χ0) is 20.9. The molecule has 0 N–H and O–H groups in total. The fraction of sp³-hybridized carbons (Fsp3) is 0.107. The summed E-state index contributed by atoms with van der Waals surface area (Å²) in [5.74, 6) is 0. The first kappa shape index (κ1) is 19.1. The molecule has 0 atom stereocenters. The van der Waals surface area contributed by atoms with Gasteiger partial charge in [0.15, 0.2) is 0 Å². The minimum atomic E-state index is 1.04. The van der Waals surface area contributed by atoms with E-state index in [-0.39, 0.29) is 0 Å². The minimum Gasteiger partial charge on any atom is -0.341 e. The molecule has 4 aromatic rings. The number of benzene rings is 4. The molecule has 0 aliphatic carbocycles. The van der Waals surface area contributed by atoms with Crippen LogP contribution < -0.4 is 9.91 Å². The summed E-state index contributed by atoms with van der Waals surface area (Å²) in [7, 11) is 0. The number of rotatable bonds is 5. The third-order valence-corrected chi connectivity index (χ3v) is 5.61. The maximum atomic E-state index is 4.86. The highest BCUT2D eigenvalue weighted by Gasteiger charge is 2.18. The molecular formula is C28H25N3. The Labute approximate surface area is 183 Å². The standard InChI is InChI=1S/C28H25N3/c1-4-12-25(13-5-1)30-20-10-11-24-21-23(18-19-28(24)30)22-29-31(26-14-6-2-7-15-26)27-16-8-3-9-17-27/h1-9,12-19,21-22H,10-11,20H2/b29-22+. The molecule has 0 spiro atoms. The normalized spacial score (nSPS) is 13.2. The van der Waals surface area contributed by atoms with Crippen LogP contribution in [0, 0.1) is 0 Å². The van der Waals surface area contributed by atoms with Crippen LogP contribution in [0.1, 0.15) is 17.5 Å². The molecule has 0 saturated carbocycles. The first-order chi connectivity index (χ1) is 15.4. The topological polar surface area (TPSA) is 18.8 Å². The summed E-state index contributed by atoms with van der Waals surface area (Å²) >= 11 is 0. The average Bonchev–Trinajstić information content (AvgIpc) is 2.85. The van der Waals surface area contributed by atoms with Crippen molar-refractivity contribution in [3.8, 4) is 0 Å². The van der Waals surface area contributed by atoms with E-state index in [4.69, 9.17) is 5.10 Å². The highest BCUT2D eigenvalue weighted by molar-refractivity contribution is 5.84. The Bertz CT molecular complexity index is 1120. The number of anilines is 4. The summed E-state index contributed by atoms with van der Waals surface area (Å²) in [6.45, 7) is 1.06. The lowest BCUT2D eigenvalue weighted by molar-refractivity contribution is 0.767. The number of hydrazone groups is 1. The van der Waals surface area contributed by atoms with E-state index in [2.05, 4.69) is 77.7 Å². The second kappa shape index (κ2) is 8.88. The van der Waals surface area contributed by atoms with Crippen LogP contribution in [0.15, 0.2) is 114 Å². The average molecular weight is 404 g/mol. The number of nitrogens with zero attached hydrogens (tertiary/aromatic N) is 3. The molecule has 31 heavy (non-hydrogen) atoms. The lowest BCUT2D eigenvalue weighted by Gasteiger charge is -2.31. The highest BCUT2D eigenvalue weighted by atomic mass is 15.5. The molecule has 5 rings (SSSR count). The van der Waals surface area contributed by atoms with Gasteiger partial charge in [-0.1, -0.05) is 60.7 Å². The van der Waals surface area contributed by atoms with Crippen molar-refractivity contribution in [3.63, 3.8) is 0 Å². The fourth-order valence-electron chi connectivity index (χ4n) is 4.12. The minimum absolute atomic E-state index is 1.04. The number of aryl methyl sites for hydroxylation is 1. The summed E-state index contributed by atoms with van der Waals surface area (Å²) in [4.78, 5) is 2.42. The molecule has 1 aliphatic rings. The van der Waals surface area contributed by atoms with Gasteiger partial charge in [-0.3, -0.25) is 0 Å². The molecule has 3 nitrogen and oxygen atoms in total. The van der Waals surface area contributed by atoms with Crippen molar-refractivity contribution in [2.45, 2.75) is 12.8 Å². The quantitative estimate of drug-likeness (QED) is 0.265. The molecular weight excluding hydrogens is 378 g/mol. The second-order valence-electron chi connectivity index (χ2n) is 7.71. The van der Waals surface area contributed by atoms with Crippen LogP contribution >= 0.6 is 0 Å². The summed E-state index contributed by atoms with van der Waals surface area (Å²) < 4.78 is 0. The molecule has 0 aromatic heterocycles. The molecule has 0 bridgehead atoms. The van der Waals surface area contributed by atoms with E-state index < -0.39 is 0 Å². The van der Waals surface area contributed by atoms with E-state index in [1.807, 2.05) is 47.6 Å². The van der Waals surface area contributed by atoms with Gasteiger partial charge in [-0.2, -0.15) is 5.10 Å². The Morgan fingerprint density at radius 2 is 1.32 bits per heavy atom. The van der Waals surface area contributed by atoms with Crippen LogP contribution in [-0.2, 0) is 6.42 Å². The zero-order valence-corrected chi connectivity index (χ0v) is 17.4. The lowest BCUT2D eigenvalue weighted by Crippen LogP contribution is -2.24. The first-order valence-electron chi connectivity index (χ1n) is 10.8. The summed E-state index contributed by atoms with van der Waals surface area (Å²) in [5, 5.41) is 6.84. The molecule has 152 valence electrons. The molecule has 1 heterocycles. The van der Waals surface area contributed by atoms with Gasteiger partial charge in [-0.15, -0.1) is 0 Å². The number of fused-ring (bicyclic) bond motifs is 1. The summed E-state index contributed by atoms with van der Waals surface area (Å²) in [6.07, 6.45) is 4.21. The second-order valence-corrected chi connectivity index (χ2v) is 7.71. The van der Waals surface area contributed by atoms with E-state index in [9.17, 15) is 0 Å². The van der Waals surface area contributed by atoms with Crippen LogP contribution in [0.25, 0.3) is 0 Å². The van der Waals surface area contributed by atoms with Gasteiger partial charge in [0, 0.05) is 17.9 Å². The largest absolute Gasteiger partial charge is 0.341 e. The number of para-hydroxylation sites is 3. The predicted octanol–water partition coefficient (Wildman–Crippen LogP) is 6.94. The Morgan fingerprint density at radius 3 is 1.97 bits per heavy atom. The van der Waals surface area contributed by atoms with Crippen LogP contribution in [0.5, 0.6) is 0 Å². The van der Waals surface area contributed by atoms with Gasteiger partial charge in [0.05, 0.1) is 17.6 Å². The van der Waals surface area contributed by atoms with Gasteiger partial charge in [0.2, 0.25) is 0 Å². The summed E-state index contributed by atoms with van der Waals surface area (Å²) in [5.41, 5.74) is 7.13. The smallest absolute Gasteiger partial charge is 0.0652 e. The first-order valence-corrected chi connectivity index (χ1v) is 10.8. The van der Waals surface area contributed by atoms with Crippen molar-refractivity contribution >= 4 is 29.0 Å². The van der Waals surface area contributed by atoms with E-state index in [1.54, 1.807) is 0 Å². The monoisotopic (exact) mass is 403 g/mol. The third kappa shape index (κ3) is 4.22. The molecule has 3 heteroatoms. The van der Waals surface area contributed by atoms with Gasteiger partial charge in [-0.05, 0) is 72.5 Å². The summed E-state index contributed by atoms with van der Waals surface area (Å²) in [6, 6.07) is 37.8. The number of hydrogen-bond acceptors (Lipinski definition) is 3.